The Morgan fingerprint density at radius 1 is 0.857 bits per heavy atom. The standard InChI is InChI=1S/C27H27FN4O3/c1-19(33)20-11-12-25(23(28)17-20)32-15-13-31(14-16-32)18-26(34)30-24-10-6-5-9-22(24)27(35)29-21-7-3-2-4-8-21/h2-12,17H,13-16,18H2,1H3,(H,29,35)(H,30,34). The molecule has 180 valence electrons. The Morgan fingerprint density at radius 2 is 1.54 bits per heavy atom. The van der Waals surface area contributed by atoms with Crippen molar-refractivity contribution in [2.24, 2.45) is 0 Å². The third kappa shape index (κ3) is 6.10. The van der Waals surface area contributed by atoms with Gasteiger partial charge in [0, 0.05) is 37.4 Å². The Morgan fingerprint density at radius 3 is 2.23 bits per heavy atom. The Bertz CT molecular complexity index is 1220. The van der Waals surface area contributed by atoms with Gasteiger partial charge >= 0.3 is 0 Å². The second kappa shape index (κ2) is 10.9. The van der Waals surface area contributed by atoms with E-state index >= 15 is 0 Å². The number of hydrogen-bond acceptors (Lipinski definition) is 5. The van der Waals surface area contributed by atoms with E-state index in [1.165, 1.54) is 13.0 Å². The number of rotatable bonds is 7. The van der Waals surface area contributed by atoms with Crippen LogP contribution in [-0.2, 0) is 4.79 Å². The number of ketones is 1. The van der Waals surface area contributed by atoms with Crippen LogP contribution in [-0.4, -0.2) is 55.2 Å². The normalized spacial score (nSPS) is 13.8. The number of carbonyl (C=O) groups is 3. The average Bonchev–Trinajstić information content (AvgIpc) is 2.85. The molecule has 1 fully saturated rings. The summed E-state index contributed by atoms with van der Waals surface area (Å²) in [5.41, 5.74) is 2.29. The van der Waals surface area contributed by atoms with E-state index < -0.39 is 5.82 Å². The summed E-state index contributed by atoms with van der Waals surface area (Å²) >= 11 is 0. The van der Waals surface area contributed by atoms with Crippen LogP contribution in [0.5, 0.6) is 0 Å². The predicted molar refractivity (Wildman–Crippen MR) is 135 cm³/mol. The lowest BCUT2D eigenvalue weighted by molar-refractivity contribution is -0.117. The van der Waals surface area contributed by atoms with Crippen molar-refractivity contribution in [1.82, 2.24) is 4.90 Å². The molecule has 1 aliphatic rings. The maximum Gasteiger partial charge on any atom is 0.257 e. The van der Waals surface area contributed by atoms with Crippen molar-refractivity contribution >= 4 is 34.7 Å². The van der Waals surface area contributed by atoms with Crippen LogP contribution in [0, 0.1) is 5.82 Å². The molecule has 0 radical (unpaired) electrons. The Hall–Kier alpha value is -4.04. The molecular formula is C27H27FN4O3. The van der Waals surface area contributed by atoms with Crippen molar-refractivity contribution in [3.8, 4) is 0 Å². The van der Waals surface area contributed by atoms with Crippen molar-refractivity contribution in [3.63, 3.8) is 0 Å². The lowest BCUT2D eigenvalue weighted by atomic mass is 10.1. The number of carbonyl (C=O) groups excluding carboxylic acids is 3. The molecule has 0 aromatic heterocycles. The second-order valence-corrected chi connectivity index (χ2v) is 8.40. The van der Waals surface area contributed by atoms with Gasteiger partial charge in [-0.2, -0.15) is 0 Å². The molecule has 0 bridgehead atoms. The topological polar surface area (TPSA) is 81.8 Å². The van der Waals surface area contributed by atoms with Gasteiger partial charge in [-0.05, 0) is 49.4 Å². The highest BCUT2D eigenvalue weighted by atomic mass is 19.1. The molecule has 2 N–H and O–H groups in total. The van der Waals surface area contributed by atoms with Crippen LogP contribution in [0.4, 0.5) is 21.5 Å². The Kier molecular flexibility index (Phi) is 7.52. The Balaban J connectivity index is 1.32. The van der Waals surface area contributed by atoms with Crippen molar-refractivity contribution in [1.29, 1.82) is 0 Å². The van der Waals surface area contributed by atoms with E-state index in [2.05, 4.69) is 10.6 Å². The molecule has 1 saturated heterocycles. The maximum atomic E-state index is 14.5. The third-order valence-corrected chi connectivity index (χ3v) is 5.91. The van der Waals surface area contributed by atoms with E-state index in [1.807, 2.05) is 28.0 Å². The number of benzene rings is 3. The van der Waals surface area contributed by atoms with Crippen molar-refractivity contribution < 1.29 is 18.8 Å². The van der Waals surface area contributed by atoms with Gasteiger partial charge in [-0.3, -0.25) is 19.3 Å². The minimum absolute atomic E-state index is 0.161. The fourth-order valence-corrected chi connectivity index (χ4v) is 4.03. The molecule has 0 atom stereocenters. The monoisotopic (exact) mass is 474 g/mol. The van der Waals surface area contributed by atoms with E-state index in [1.54, 1.807) is 48.5 Å². The van der Waals surface area contributed by atoms with Gasteiger partial charge in [0.05, 0.1) is 23.5 Å². The molecule has 2 amide bonds. The number of para-hydroxylation sites is 2. The quantitative estimate of drug-likeness (QED) is 0.505. The van der Waals surface area contributed by atoms with Crippen LogP contribution in [0.1, 0.15) is 27.6 Å². The number of nitrogens with one attached hydrogen (secondary N) is 2. The summed E-state index contributed by atoms with van der Waals surface area (Å²) in [5, 5.41) is 5.68. The first kappa shape index (κ1) is 24.1. The van der Waals surface area contributed by atoms with Crippen molar-refractivity contribution in [2.45, 2.75) is 6.92 Å². The molecule has 1 heterocycles. The van der Waals surface area contributed by atoms with Crippen LogP contribution in [0.25, 0.3) is 0 Å². The molecule has 0 aliphatic carbocycles. The van der Waals surface area contributed by atoms with Gasteiger partial charge in [-0.25, -0.2) is 4.39 Å². The number of Topliss-reactive ketones (excluding diaryl/α,β-unsaturated/α-hetero) is 1. The zero-order valence-electron chi connectivity index (χ0n) is 19.5. The molecule has 0 spiro atoms. The zero-order valence-corrected chi connectivity index (χ0v) is 19.5. The van der Waals surface area contributed by atoms with Gasteiger partial charge in [0.2, 0.25) is 5.91 Å². The largest absolute Gasteiger partial charge is 0.367 e. The maximum absolute atomic E-state index is 14.5. The van der Waals surface area contributed by atoms with E-state index in [0.29, 0.717) is 54.4 Å². The smallest absolute Gasteiger partial charge is 0.257 e. The van der Waals surface area contributed by atoms with E-state index in [9.17, 15) is 18.8 Å². The van der Waals surface area contributed by atoms with Crippen LogP contribution >= 0.6 is 0 Å². The van der Waals surface area contributed by atoms with E-state index in [0.717, 1.165) is 0 Å². The zero-order chi connectivity index (χ0) is 24.8. The van der Waals surface area contributed by atoms with Gasteiger partial charge in [0.15, 0.2) is 5.78 Å². The summed E-state index contributed by atoms with van der Waals surface area (Å²) in [6.45, 7) is 3.84. The number of anilines is 3. The highest BCUT2D eigenvalue weighted by molar-refractivity contribution is 6.10. The number of nitrogens with zero attached hydrogens (tertiary/aromatic N) is 2. The van der Waals surface area contributed by atoms with E-state index in [-0.39, 0.29) is 24.1 Å². The number of hydrogen-bond donors (Lipinski definition) is 2. The molecule has 7 nitrogen and oxygen atoms in total. The van der Waals surface area contributed by atoms with Gasteiger partial charge in [0.1, 0.15) is 5.82 Å². The first-order chi connectivity index (χ1) is 16.9. The second-order valence-electron chi connectivity index (χ2n) is 8.40. The molecule has 0 saturated carbocycles. The van der Waals surface area contributed by atoms with Crippen molar-refractivity contribution in [2.75, 3.05) is 48.3 Å². The first-order valence-electron chi connectivity index (χ1n) is 11.4. The summed E-state index contributed by atoms with van der Waals surface area (Å²) < 4.78 is 14.5. The summed E-state index contributed by atoms with van der Waals surface area (Å²) in [5.74, 6) is -1.13. The van der Waals surface area contributed by atoms with Crippen LogP contribution in [0.2, 0.25) is 0 Å². The van der Waals surface area contributed by atoms with Crippen molar-refractivity contribution in [3.05, 3.63) is 89.7 Å². The van der Waals surface area contributed by atoms with Crippen LogP contribution < -0.4 is 15.5 Å². The number of piperazine rings is 1. The summed E-state index contributed by atoms with van der Waals surface area (Å²) in [6.07, 6.45) is 0. The van der Waals surface area contributed by atoms with Gasteiger partial charge in [-0.1, -0.05) is 30.3 Å². The molecule has 1 aliphatic heterocycles. The average molecular weight is 475 g/mol. The molecule has 8 heteroatoms. The molecule has 3 aromatic rings. The minimum atomic E-state index is -0.422. The molecule has 4 rings (SSSR count). The van der Waals surface area contributed by atoms with E-state index in [4.69, 9.17) is 0 Å². The van der Waals surface area contributed by atoms with Crippen LogP contribution in [0.3, 0.4) is 0 Å². The fraction of sp³-hybridized carbons (Fsp3) is 0.222. The van der Waals surface area contributed by atoms with Gasteiger partial charge in [-0.15, -0.1) is 0 Å². The highest BCUT2D eigenvalue weighted by Gasteiger charge is 2.22. The lowest BCUT2D eigenvalue weighted by Crippen LogP contribution is -2.49. The minimum Gasteiger partial charge on any atom is -0.367 e. The van der Waals surface area contributed by atoms with Gasteiger partial charge in [0.25, 0.3) is 5.91 Å². The van der Waals surface area contributed by atoms with Crippen LogP contribution in [0.15, 0.2) is 72.8 Å². The molecular weight excluding hydrogens is 447 g/mol. The SMILES string of the molecule is CC(=O)c1ccc(N2CCN(CC(=O)Nc3ccccc3C(=O)Nc3ccccc3)CC2)c(F)c1. The molecule has 35 heavy (non-hydrogen) atoms. The Labute approximate surface area is 203 Å². The molecule has 0 unspecified atom stereocenters. The summed E-state index contributed by atoms with van der Waals surface area (Å²) in [6, 6.07) is 20.5. The summed E-state index contributed by atoms with van der Waals surface area (Å²) in [7, 11) is 0. The fourth-order valence-electron chi connectivity index (χ4n) is 4.03. The number of halogens is 1. The van der Waals surface area contributed by atoms with Gasteiger partial charge < -0.3 is 15.5 Å². The first-order valence-corrected chi connectivity index (χ1v) is 11.4. The predicted octanol–water partition coefficient (Wildman–Crippen LogP) is 4.04. The molecule has 3 aromatic carbocycles. The highest BCUT2D eigenvalue weighted by Crippen LogP contribution is 2.23. The number of amides is 2. The summed E-state index contributed by atoms with van der Waals surface area (Å²) in [4.78, 5) is 40.8. The third-order valence-electron chi connectivity index (χ3n) is 5.91. The lowest BCUT2D eigenvalue weighted by Gasteiger charge is -2.35.